The number of carbonyl (C=O) groups excluding carboxylic acids is 1. The number of hydrogen-bond donors (Lipinski definition) is 0. The summed E-state index contributed by atoms with van der Waals surface area (Å²) in [4.78, 5) is 13.6. The lowest BCUT2D eigenvalue weighted by Gasteiger charge is -2.41. The molecule has 0 aromatic rings. The summed E-state index contributed by atoms with van der Waals surface area (Å²) < 4.78 is 17.2. The average Bonchev–Trinajstić information content (AvgIpc) is 3.06. The third kappa shape index (κ3) is 3.18. The molecule has 116 valence electrons. The number of rotatable bonds is 3. The van der Waals surface area contributed by atoms with Crippen molar-refractivity contribution in [3.05, 3.63) is 0 Å². The maximum atomic E-state index is 11.9. The van der Waals surface area contributed by atoms with Gasteiger partial charge in [-0.05, 0) is 25.1 Å². The van der Waals surface area contributed by atoms with Crippen molar-refractivity contribution >= 4 is 14.4 Å². The zero-order valence-corrected chi connectivity index (χ0v) is 14.4. The van der Waals surface area contributed by atoms with Crippen molar-refractivity contribution in [2.45, 2.75) is 64.1 Å². The first-order valence-electron chi connectivity index (χ1n) is 7.40. The number of amides is 1. The summed E-state index contributed by atoms with van der Waals surface area (Å²) in [6.07, 6.45) is 0.0158. The van der Waals surface area contributed by atoms with E-state index in [9.17, 15) is 4.79 Å². The fraction of sp³-hybridized carbons (Fsp3) is 0.929. The number of nitrogens with zero attached hydrogens (tertiary/aromatic N) is 1. The van der Waals surface area contributed by atoms with E-state index in [2.05, 4.69) is 33.9 Å². The van der Waals surface area contributed by atoms with Crippen LogP contribution in [0.5, 0.6) is 0 Å². The van der Waals surface area contributed by atoms with E-state index in [1.807, 2.05) is 6.92 Å². The molecule has 1 amide bonds. The van der Waals surface area contributed by atoms with Gasteiger partial charge in [0.1, 0.15) is 12.2 Å². The zero-order chi connectivity index (χ0) is 15.1. The maximum absolute atomic E-state index is 11.9. The number of carbonyl (C=O) groups is 1. The number of ether oxygens (including phenoxy) is 2. The van der Waals surface area contributed by atoms with Crippen molar-refractivity contribution in [2.24, 2.45) is 0 Å². The highest BCUT2D eigenvalue weighted by molar-refractivity contribution is 6.74. The first-order valence-corrected chi connectivity index (χ1v) is 10.3. The molecular formula is C14H27NO4Si. The number of likely N-dealkylation sites (tertiary alicyclic amines) is 1. The molecule has 0 aliphatic carbocycles. The molecule has 0 radical (unpaired) electrons. The van der Waals surface area contributed by atoms with E-state index in [0.717, 1.165) is 0 Å². The van der Waals surface area contributed by atoms with Crippen molar-refractivity contribution in [1.29, 1.82) is 0 Å². The molecule has 2 aliphatic rings. The fourth-order valence-corrected chi connectivity index (χ4v) is 3.59. The van der Waals surface area contributed by atoms with Crippen LogP contribution in [0.25, 0.3) is 0 Å². The maximum Gasteiger partial charge on any atom is 0.409 e. The van der Waals surface area contributed by atoms with E-state index >= 15 is 0 Å². The standard InChI is InChI=1S/C14H27NO4Si/c1-7-17-13(16)15-8-10-12(18-10)11(9-15)19-20(5,6)14(2,3)4/h10-12H,7-9H2,1-6H3/t10-,11-,12-/m1/s1. The summed E-state index contributed by atoms with van der Waals surface area (Å²) in [5.41, 5.74) is 0. The van der Waals surface area contributed by atoms with Crippen LogP contribution in [-0.4, -0.2) is 57.3 Å². The number of piperidine rings is 1. The second kappa shape index (κ2) is 5.31. The van der Waals surface area contributed by atoms with Gasteiger partial charge in [-0.15, -0.1) is 0 Å². The Hall–Kier alpha value is -0.593. The molecule has 2 heterocycles. The first-order chi connectivity index (χ1) is 9.15. The van der Waals surface area contributed by atoms with Gasteiger partial charge in [-0.1, -0.05) is 20.8 Å². The van der Waals surface area contributed by atoms with E-state index < -0.39 is 8.32 Å². The van der Waals surface area contributed by atoms with E-state index in [4.69, 9.17) is 13.9 Å². The van der Waals surface area contributed by atoms with E-state index in [1.165, 1.54) is 0 Å². The largest absolute Gasteiger partial charge is 0.450 e. The Kier molecular flexibility index (Phi) is 4.19. The van der Waals surface area contributed by atoms with Crippen molar-refractivity contribution in [3.63, 3.8) is 0 Å². The lowest BCUT2D eigenvalue weighted by molar-refractivity contribution is 0.0653. The molecule has 0 spiro atoms. The molecule has 2 aliphatic heterocycles. The minimum absolute atomic E-state index is 0.0148. The highest BCUT2D eigenvalue weighted by Gasteiger charge is 2.54. The van der Waals surface area contributed by atoms with Crippen molar-refractivity contribution in [2.75, 3.05) is 19.7 Å². The van der Waals surface area contributed by atoms with Crippen LogP contribution in [0.1, 0.15) is 27.7 Å². The molecule has 2 rings (SSSR count). The summed E-state index contributed by atoms with van der Waals surface area (Å²) in [5, 5.41) is 0.156. The van der Waals surface area contributed by atoms with Gasteiger partial charge >= 0.3 is 6.09 Å². The fourth-order valence-electron chi connectivity index (χ4n) is 2.27. The van der Waals surface area contributed by atoms with Crippen LogP contribution >= 0.6 is 0 Å². The molecular weight excluding hydrogens is 274 g/mol. The normalized spacial score (nSPS) is 29.9. The van der Waals surface area contributed by atoms with Crippen LogP contribution in [0, 0.1) is 0 Å². The molecule has 0 N–H and O–H groups in total. The minimum atomic E-state index is -1.85. The Morgan fingerprint density at radius 3 is 2.55 bits per heavy atom. The minimum Gasteiger partial charge on any atom is -0.450 e. The summed E-state index contributed by atoms with van der Waals surface area (Å²) in [6, 6.07) is 0. The Balaban J connectivity index is 2.00. The second-order valence-electron chi connectivity index (χ2n) is 7.16. The summed E-state index contributed by atoms with van der Waals surface area (Å²) >= 11 is 0. The number of epoxide rings is 1. The Bertz CT molecular complexity index is 380. The first kappa shape index (κ1) is 15.8. The molecule has 0 saturated carbocycles. The van der Waals surface area contributed by atoms with Gasteiger partial charge in [0.15, 0.2) is 8.32 Å². The van der Waals surface area contributed by atoms with Gasteiger partial charge in [0, 0.05) is 0 Å². The van der Waals surface area contributed by atoms with E-state index in [0.29, 0.717) is 19.7 Å². The highest BCUT2D eigenvalue weighted by atomic mass is 28.4. The lowest BCUT2D eigenvalue weighted by Crippen LogP contribution is -2.53. The average molecular weight is 301 g/mol. The smallest absolute Gasteiger partial charge is 0.409 e. The molecule has 3 atom stereocenters. The Morgan fingerprint density at radius 1 is 1.35 bits per heavy atom. The summed E-state index contributed by atoms with van der Waals surface area (Å²) in [7, 11) is -1.85. The second-order valence-corrected chi connectivity index (χ2v) is 11.9. The van der Waals surface area contributed by atoms with Crippen LogP contribution in [0.15, 0.2) is 0 Å². The summed E-state index contributed by atoms with van der Waals surface area (Å²) in [6.45, 7) is 14.5. The van der Waals surface area contributed by atoms with Gasteiger partial charge in [0.05, 0.1) is 25.8 Å². The van der Waals surface area contributed by atoms with Gasteiger partial charge in [-0.3, -0.25) is 0 Å². The van der Waals surface area contributed by atoms with Gasteiger partial charge < -0.3 is 18.8 Å². The predicted molar refractivity (Wildman–Crippen MR) is 79.3 cm³/mol. The molecule has 6 heteroatoms. The van der Waals surface area contributed by atoms with Gasteiger partial charge in [-0.2, -0.15) is 0 Å². The molecule has 2 saturated heterocycles. The quantitative estimate of drug-likeness (QED) is 0.594. The van der Waals surface area contributed by atoms with Crippen LogP contribution in [0.3, 0.4) is 0 Å². The molecule has 2 fully saturated rings. The van der Waals surface area contributed by atoms with Crippen LogP contribution in [0.2, 0.25) is 18.1 Å². The molecule has 0 aromatic carbocycles. The van der Waals surface area contributed by atoms with Gasteiger partial charge in [-0.25, -0.2) is 4.79 Å². The van der Waals surface area contributed by atoms with Gasteiger partial charge in [0.25, 0.3) is 0 Å². The number of hydrogen-bond acceptors (Lipinski definition) is 4. The van der Waals surface area contributed by atoms with Crippen molar-refractivity contribution in [1.82, 2.24) is 4.90 Å². The summed E-state index contributed by atoms with van der Waals surface area (Å²) in [5.74, 6) is 0. The Labute approximate surface area is 122 Å². The molecule has 0 bridgehead atoms. The van der Waals surface area contributed by atoms with Crippen LogP contribution in [0.4, 0.5) is 4.79 Å². The molecule has 0 unspecified atom stereocenters. The highest BCUT2D eigenvalue weighted by Crippen LogP contribution is 2.41. The Morgan fingerprint density at radius 2 is 2.00 bits per heavy atom. The third-order valence-corrected chi connectivity index (χ3v) is 9.07. The van der Waals surface area contributed by atoms with Crippen molar-refractivity contribution in [3.8, 4) is 0 Å². The zero-order valence-electron chi connectivity index (χ0n) is 13.4. The van der Waals surface area contributed by atoms with Crippen LogP contribution < -0.4 is 0 Å². The van der Waals surface area contributed by atoms with Gasteiger partial charge in [0.2, 0.25) is 0 Å². The predicted octanol–water partition coefficient (Wildman–Crippen LogP) is 2.62. The van der Waals surface area contributed by atoms with E-state index in [-0.39, 0.29) is 29.4 Å². The third-order valence-electron chi connectivity index (χ3n) is 4.57. The molecule has 20 heavy (non-hydrogen) atoms. The van der Waals surface area contributed by atoms with Crippen molar-refractivity contribution < 1.29 is 18.7 Å². The molecule has 5 nitrogen and oxygen atoms in total. The van der Waals surface area contributed by atoms with E-state index in [1.54, 1.807) is 4.90 Å². The number of fused-ring (bicyclic) bond motifs is 1. The van der Waals surface area contributed by atoms with Crippen LogP contribution in [-0.2, 0) is 13.9 Å². The SMILES string of the molecule is CCOC(=O)N1C[C@H]2O[C@H]2[C@H](O[Si](C)(C)C(C)(C)C)C1. The lowest BCUT2D eigenvalue weighted by atomic mass is 10.1. The monoisotopic (exact) mass is 301 g/mol. The molecule has 0 aromatic heterocycles. The topological polar surface area (TPSA) is 51.3 Å².